The fraction of sp³-hybridized carbons (Fsp3) is 0.263. The first kappa shape index (κ1) is 18.5. The number of halogens is 2. The number of hydrogen-bond acceptors (Lipinski definition) is 5. The standard InChI is InChI=1S/C19H18ClFN6O/c20-15-3-7-17(8-4-15)27-18(22-23-24-27)13-25-9-11-26(12-10-25)19(28)14-1-5-16(21)6-2-14/h1-8H,9-13H2. The van der Waals surface area contributed by atoms with E-state index in [0.29, 0.717) is 43.3 Å². The van der Waals surface area contributed by atoms with Crippen LogP contribution in [0.15, 0.2) is 48.5 Å². The molecule has 4 rings (SSSR count). The van der Waals surface area contributed by atoms with Crippen LogP contribution in [0, 0.1) is 5.82 Å². The zero-order valence-corrected chi connectivity index (χ0v) is 15.8. The largest absolute Gasteiger partial charge is 0.336 e. The topological polar surface area (TPSA) is 67.2 Å². The van der Waals surface area contributed by atoms with Crippen molar-refractivity contribution < 1.29 is 9.18 Å². The Kier molecular flexibility index (Phi) is 5.31. The van der Waals surface area contributed by atoms with Gasteiger partial charge in [0, 0.05) is 36.8 Å². The minimum Gasteiger partial charge on any atom is -0.336 e. The maximum absolute atomic E-state index is 13.0. The van der Waals surface area contributed by atoms with Gasteiger partial charge in [-0.25, -0.2) is 4.39 Å². The van der Waals surface area contributed by atoms with E-state index in [1.165, 1.54) is 24.3 Å². The van der Waals surface area contributed by atoms with Gasteiger partial charge >= 0.3 is 0 Å². The van der Waals surface area contributed by atoms with Crippen LogP contribution < -0.4 is 0 Å². The van der Waals surface area contributed by atoms with Gasteiger partial charge in [-0.1, -0.05) is 11.6 Å². The predicted octanol–water partition coefficient (Wildman–Crippen LogP) is 2.41. The van der Waals surface area contributed by atoms with Gasteiger partial charge in [0.15, 0.2) is 5.82 Å². The highest BCUT2D eigenvalue weighted by molar-refractivity contribution is 6.30. The van der Waals surface area contributed by atoms with Gasteiger partial charge in [0.2, 0.25) is 0 Å². The predicted molar refractivity (Wildman–Crippen MR) is 102 cm³/mol. The molecule has 144 valence electrons. The molecule has 0 aliphatic carbocycles. The molecule has 0 atom stereocenters. The fourth-order valence-electron chi connectivity index (χ4n) is 3.17. The minimum absolute atomic E-state index is 0.0781. The van der Waals surface area contributed by atoms with Crippen LogP contribution in [-0.2, 0) is 6.54 Å². The zero-order chi connectivity index (χ0) is 19.5. The SMILES string of the molecule is O=C(c1ccc(F)cc1)N1CCN(Cc2nnnn2-c2ccc(Cl)cc2)CC1. The molecule has 0 radical (unpaired) electrons. The molecule has 2 heterocycles. The van der Waals surface area contributed by atoms with Gasteiger partial charge in [-0.15, -0.1) is 5.10 Å². The van der Waals surface area contributed by atoms with Gasteiger partial charge in [0.25, 0.3) is 5.91 Å². The zero-order valence-electron chi connectivity index (χ0n) is 15.0. The summed E-state index contributed by atoms with van der Waals surface area (Å²) in [5.74, 6) is 0.297. The summed E-state index contributed by atoms with van der Waals surface area (Å²) in [6.45, 7) is 3.19. The van der Waals surface area contributed by atoms with Crippen molar-refractivity contribution in [3.63, 3.8) is 0 Å². The molecular weight excluding hydrogens is 383 g/mol. The number of aromatic nitrogens is 4. The fourth-order valence-corrected chi connectivity index (χ4v) is 3.30. The van der Waals surface area contributed by atoms with Crippen LogP contribution >= 0.6 is 11.6 Å². The van der Waals surface area contributed by atoms with Crippen molar-refractivity contribution in [3.8, 4) is 5.69 Å². The third-order valence-corrected chi connectivity index (χ3v) is 4.97. The van der Waals surface area contributed by atoms with Crippen molar-refractivity contribution in [2.24, 2.45) is 0 Å². The van der Waals surface area contributed by atoms with Crippen LogP contribution in [0.2, 0.25) is 5.02 Å². The molecule has 1 amide bonds. The van der Waals surface area contributed by atoms with Crippen LogP contribution in [0.4, 0.5) is 4.39 Å². The Balaban J connectivity index is 1.38. The van der Waals surface area contributed by atoms with E-state index in [1.54, 1.807) is 21.7 Å². The van der Waals surface area contributed by atoms with Crippen LogP contribution in [0.1, 0.15) is 16.2 Å². The number of carbonyl (C=O) groups excluding carboxylic acids is 1. The lowest BCUT2D eigenvalue weighted by atomic mass is 10.2. The minimum atomic E-state index is -0.347. The molecule has 7 nitrogen and oxygen atoms in total. The Hall–Kier alpha value is -2.84. The van der Waals surface area contributed by atoms with Crippen LogP contribution in [-0.4, -0.2) is 62.1 Å². The average Bonchev–Trinajstić information content (AvgIpc) is 3.17. The van der Waals surface area contributed by atoms with E-state index in [-0.39, 0.29) is 11.7 Å². The van der Waals surface area contributed by atoms with Gasteiger partial charge in [0.05, 0.1) is 12.2 Å². The molecule has 1 fully saturated rings. The second-order valence-electron chi connectivity index (χ2n) is 6.56. The van der Waals surface area contributed by atoms with E-state index in [9.17, 15) is 9.18 Å². The second kappa shape index (κ2) is 8.04. The number of amides is 1. The Labute approximate surface area is 166 Å². The van der Waals surface area contributed by atoms with E-state index < -0.39 is 0 Å². The van der Waals surface area contributed by atoms with Gasteiger partial charge in [-0.3, -0.25) is 9.69 Å². The van der Waals surface area contributed by atoms with Gasteiger partial charge < -0.3 is 4.90 Å². The summed E-state index contributed by atoms with van der Waals surface area (Å²) in [4.78, 5) is 16.5. The number of hydrogen-bond donors (Lipinski definition) is 0. The van der Waals surface area contributed by atoms with E-state index in [4.69, 9.17) is 11.6 Å². The molecule has 1 aromatic heterocycles. The lowest BCUT2D eigenvalue weighted by Gasteiger charge is -2.34. The smallest absolute Gasteiger partial charge is 0.253 e. The molecule has 0 bridgehead atoms. The number of tetrazole rings is 1. The lowest BCUT2D eigenvalue weighted by Crippen LogP contribution is -2.48. The van der Waals surface area contributed by atoms with Crippen LogP contribution in [0.25, 0.3) is 5.69 Å². The first-order valence-electron chi connectivity index (χ1n) is 8.90. The van der Waals surface area contributed by atoms with E-state index in [0.717, 1.165) is 11.5 Å². The third-order valence-electron chi connectivity index (χ3n) is 4.72. The average molecular weight is 401 g/mol. The van der Waals surface area contributed by atoms with Crippen molar-refractivity contribution in [2.45, 2.75) is 6.54 Å². The molecule has 0 N–H and O–H groups in total. The van der Waals surface area contributed by atoms with Gasteiger partial charge in [0.1, 0.15) is 5.82 Å². The van der Waals surface area contributed by atoms with Gasteiger partial charge in [-0.05, 0) is 59.0 Å². The van der Waals surface area contributed by atoms with E-state index >= 15 is 0 Å². The highest BCUT2D eigenvalue weighted by atomic mass is 35.5. The number of carbonyl (C=O) groups is 1. The molecule has 0 unspecified atom stereocenters. The lowest BCUT2D eigenvalue weighted by molar-refractivity contribution is 0.0624. The molecule has 0 spiro atoms. The number of nitrogens with zero attached hydrogens (tertiary/aromatic N) is 6. The monoisotopic (exact) mass is 400 g/mol. The maximum atomic E-state index is 13.0. The Morgan fingerprint density at radius 3 is 2.36 bits per heavy atom. The molecule has 1 aliphatic heterocycles. The van der Waals surface area contributed by atoms with E-state index in [2.05, 4.69) is 20.4 Å². The molecule has 9 heteroatoms. The normalized spacial score (nSPS) is 15.0. The van der Waals surface area contributed by atoms with Crippen LogP contribution in [0.5, 0.6) is 0 Å². The summed E-state index contributed by atoms with van der Waals surface area (Å²) < 4.78 is 14.7. The Bertz CT molecular complexity index is 951. The maximum Gasteiger partial charge on any atom is 0.253 e. The Morgan fingerprint density at radius 2 is 1.68 bits per heavy atom. The first-order chi connectivity index (χ1) is 13.6. The highest BCUT2D eigenvalue weighted by Crippen LogP contribution is 2.15. The Morgan fingerprint density at radius 1 is 1.00 bits per heavy atom. The molecule has 0 saturated carbocycles. The first-order valence-corrected chi connectivity index (χ1v) is 9.28. The van der Waals surface area contributed by atoms with Crippen molar-refractivity contribution in [2.75, 3.05) is 26.2 Å². The van der Waals surface area contributed by atoms with Crippen LogP contribution in [0.3, 0.4) is 0 Å². The van der Waals surface area contributed by atoms with Gasteiger partial charge in [-0.2, -0.15) is 4.68 Å². The van der Waals surface area contributed by atoms with Crippen molar-refractivity contribution in [1.29, 1.82) is 0 Å². The number of benzene rings is 2. The summed E-state index contributed by atoms with van der Waals surface area (Å²) in [5.41, 5.74) is 1.34. The second-order valence-corrected chi connectivity index (χ2v) is 7.00. The van der Waals surface area contributed by atoms with Crippen molar-refractivity contribution >= 4 is 17.5 Å². The molecule has 1 saturated heterocycles. The molecule has 2 aromatic carbocycles. The summed E-state index contributed by atoms with van der Waals surface area (Å²) in [7, 11) is 0. The molecule has 28 heavy (non-hydrogen) atoms. The van der Waals surface area contributed by atoms with E-state index in [1.807, 2.05) is 12.1 Å². The molecule has 1 aliphatic rings. The van der Waals surface area contributed by atoms with Crippen molar-refractivity contribution in [1.82, 2.24) is 30.0 Å². The third kappa shape index (κ3) is 4.02. The quantitative estimate of drug-likeness (QED) is 0.672. The number of piperazine rings is 1. The number of rotatable bonds is 4. The summed E-state index contributed by atoms with van der Waals surface area (Å²) in [6.07, 6.45) is 0. The van der Waals surface area contributed by atoms with Crippen molar-refractivity contribution in [3.05, 3.63) is 70.8 Å². The molecular formula is C19H18ClFN6O. The highest BCUT2D eigenvalue weighted by Gasteiger charge is 2.23. The summed E-state index contributed by atoms with van der Waals surface area (Å²) in [5, 5.41) is 12.6. The summed E-state index contributed by atoms with van der Waals surface area (Å²) >= 11 is 5.94. The molecule has 3 aromatic rings. The summed E-state index contributed by atoms with van der Waals surface area (Å²) in [6, 6.07) is 13.0.